The SMILES string of the molecule is COc1ccc(NCc2cccc(Cl)c2)c(C(F)(F)F)c1. The zero-order chi connectivity index (χ0) is 15.5. The topological polar surface area (TPSA) is 21.3 Å². The number of rotatable bonds is 4. The number of halogens is 4. The molecule has 0 aliphatic heterocycles. The molecule has 0 heterocycles. The smallest absolute Gasteiger partial charge is 0.418 e. The third-order valence-corrected chi connectivity index (χ3v) is 3.14. The molecule has 0 aromatic heterocycles. The molecule has 0 aliphatic rings. The third-order valence-electron chi connectivity index (χ3n) is 2.90. The van der Waals surface area contributed by atoms with Gasteiger partial charge in [-0.1, -0.05) is 23.7 Å². The van der Waals surface area contributed by atoms with Crippen molar-refractivity contribution in [2.75, 3.05) is 12.4 Å². The van der Waals surface area contributed by atoms with Gasteiger partial charge in [-0.3, -0.25) is 0 Å². The number of hydrogen-bond acceptors (Lipinski definition) is 2. The molecule has 0 bridgehead atoms. The lowest BCUT2D eigenvalue weighted by atomic mass is 10.1. The molecule has 112 valence electrons. The monoisotopic (exact) mass is 315 g/mol. The van der Waals surface area contributed by atoms with E-state index in [2.05, 4.69) is 5.32 Å². The van der Waals surface area contributed by atoms with Crippen LogP contribution in [0.25, 0.3) is 0 Å². The predicted octanol–water partition coefficient (Wildman–Crippen LogP) is 4.98. The zero-order valence-corrected chi connectivity index (χ0v) is 11.9. The Morgan fingerprint density at radius 2 is 1.90 bits per heavy atom. The number of hydrogen-bond donors (Lipinski definition) is 1. The van der Waals surface area contributed by atoms with Gasteiger partial charge >= 0.3 is 6.18 Å². The van der Waals surface area contributed by atoms with Crippen molar-refractivity contribution < 1.29 is 17.9 Å². The van der Waals surface area contributed by atoms with E-state index in [9.17, 15) is 13.2 Å². The molecule has 0 spiro atoms. The van der Waals surface area contributed by atoms with Gasteiger partial charge in [0, 0.05) is 17.3 Å². The second-order valence-corrected chi connectivity index (χ2v) is 4.83. The van der Waals surface area contributed by atoms with E-state index in [0.29, 0.717) is 5.02 Å². The number of ether oxygens (including phenoxy) is 1. The molecule has 6 heteroatoms. The molecular weight excluding hydrogens is 303 g/mol. The Bertz CT molecular complexity index is 629. The Kier molecular flexibility index (Phi) is 4.63. The molecule has 21 heavy (non-hydrogen) atoms. The molecule has 0 saturated heterocycles. The lowest BCUT2D eigenvalue weighted by Gasteiger charge is -2.16. The Balaban J connectivity index is 2.23. The third kappa shape index (κ3) is 4.04. The second kappa shape index (κ2) is 6.26. The Labute approximate surface area is 125 Å². The largest absolute Gasteiger partial charge is 0.497 e. The molecule has 0 amide bonds. The van der Waals surface area contributed by atoms with E-state index in [-0.39, 0.29) is 18.0 Å². The molecule has 0 aliphatic carbocycles. The normalized spacial score (nSPS) is 11.3. The highest BCUT2D eigenvalue weighted by Gasteiger charge is 2.34. The van der Waals surface area contributed by atoms with E-state index >= 15 is 0 Å². The van der Waals surface area contributed by atoms with Crippen molar-refractivity contribution in [3.05, 3.63) is 58.6 Å². The maximum Gasteiger partial charge on any atom is 0.418 e. The lowest BCUT2D eigenvalue weighted by Crippen LogP contribution is -2.11. The molecule has 1 N–H and O–H groups in total. The van der Waals surface area contributed by atoms with Crippen LogP contribution in [-0.2, 0) is 12.7 Å². The van der Waals surface area contributed by atoms with Crippen LogP contribution >= 0.6 is 11.6 Å². The van der Waals surface area contributed by atoms with Gasteiger partial charge in [0.25, 0.3) is 0 Å². The first-order valence-corrected chi connectivity index (χ1v) is 6.51. The average Bonchev–Trinajstić information content (AvgIpc) is 2.44. The summed E-state index contributed by atoms with van der Waals surface area (Å²) in [6.07, 6.45) is -4.45. The predicted molar refractivity (Wildman–Crippen MR) is 76.8 cm³/mol. The Hall–Kier alpha value is -1.88. The van der Waals surface area contributed by atoms with E-state index in [0.717, 1.165) is 11.6 Å². The highest BCUT2D eigenvalue weighted by atomic mass is 35.5. The lowest BCUT2D eigenvalue weighted by molar-refractivity contribution is -0.137. The summed E-state index contributed by atoms with van der Waals surface area (Å²) >= 11 is 5.85. The Morgan fingerprint density at radius 3 is 2.52 bits per heavy atom. The van der Waals surface area contributed by atoms with Gasteiger partial charge in [-0.05, 0) is 35.9 Å². The van der Waals surface area contributed by atoms with Crippen LogP contribution < -0.4 is 10.1 Å². The maximum absolute atomic E-state index is 13.0. The number of alkyl halides is 3. The fraction of sp³-hybridized carbons (Fsp3) is 0.200. The van der Waals surface area contributed by atoms with Gasteiger partial charge in [0.2, 0.25) is 0 Å². The molecule has 0 saturated carbocycles. The van der Waals surface area contributed by atoms with Crippen molar-refractivity contribution in [2.45, 2.75) is 12.7 Å². The first-order chi connectivity index (χ1) is 9.90. The summed E-state index contributed by atoms with van der Waals surface area (Å²) < 4.78 is 44.0. The zero-order valence-electron chi connectivity index (χ0n) is 11.2. The molecular formula is C15H13ClF3NO. The van der Waals surface area contributed by atoms with Crippen molar-refractivity contribution in [3.63, 3.8) is 0 Å². The van der Waals surface area contributed by atoms with Crippen LogP contribution in [0, 0.1) is 0 Å². The highest BCUT2D eigenvalue weighted by Crippen LogP contribution is 2.37. The van der Waals surface area contributed by atoms with E-state index in [1.165, 1.54) is 19.2 Å². The molecule has 2 nitrogen and oxygen atoms in total. The summed E-state index contributed by atoms with van der Waals surface area (Å²) in [5.41, 5.74) is 0.0404. The van der Waals surface area contributed by atoms with Crippen molar-refractivity contribution in [2.24, 2.45) is 0 Å². The minimum absolute atomic E-state index is 0.00303. The molecule has 0 fully saturated rings. The van der Waals surface area contributed by atoms with Gasteiger partial charge in [0.15, 0.2) is 0 Å². The maximum atomic E-state index is 13.0. The summed E-state index contributed by atoms with van der Waals surface area (Å²) in [6, 6.07) is 10.8. The molecule has 2 rings (SSSR count). The minimum Gasteiger partial charge on any atom is -0.497 e. The number of anilines is 1. The number of nitrogens with one attached hydrogen (secondary N) is 1. The Morgan fingerprint density at radius 1 is 1.14 bits per heavy atom. The fourth-order valence-electron chi connectivity index (χ4n) is 1.88. The summed E-state index contributed by atoms with van der Waals surface area (Å²) in [5.74, 6) is 0.163. The van der Waals surface area contributed by atoms with Gasteiger partial charge in [0.1, 0.15) is 5.75 Å². The van der Waals surface area contributed by atoms with Crippen LogP contribution in [0.15, 0.2) is 42.5 Å². The van der Waals surface area contributed by atoms with Crippen molar-refractivity contribution in [1.29, 1.82) is 0 Å². The highest BCUT2D eigenvalue weighted by molar-refractivity contribution is 6.30. The molecule has 0 unspecified atom stereocenters. The fourth-order valence-corrected chi connectivity index (χ4v) is 2.10. The van der Waals surface area contributed by atoms with E-state index in [1.807, 2.05) is 0 Å². The quantitative estimate of drug-likeness (QED) is 0.859. The molecule has 0 radical (unpaired) electrons. The van der Waals surface area contributed by atoms with Gasteiger partial charge in [0.05, 0.1) is 12.7 Å². The van der Waals surface area contributed by atoms with Crippen LogP contribution in [0.5, 0.6) is 5.75 Å². The van der Waals surface area contributed by atoms with Crippen molar-refractivity contribution in [3.8, 4) is 5.75 Å². The van der Waals surface area contributed by atoms with Gasteiger partial charge in [-0.15, -0.1) is 0 Å². The first kappa shape index (κ1) is 15.5. The summed E-state index contributed by atoms with van der Waals surface area (Å²) in [4.78, 5) is 0. The summed E-state index contributed by atoms with van der Waals surface area (Å²) in [6.45, 7) is 0.246. The summed E-state index contributed by atoms with van der Waals surface area (Å²) in [7, 11) is 1.33. The van der Waals surface area contributed by atoms with Crippen molar-refractivity contribution >= 4 is 17.3 Å². The van der Waals surface area contributed by atoms with Crippen LogP contribution in [0.4, 0.5) is 18.9 Å². The van der Waals surface area contributed by atoms with E-state index in [4.69, 9.17) is 16.3 Å². The van der Waals surface area contributed by atoms with Crippen molar-refractivity contribution in [1.82, 2.24) is 0 Å². The van der Waals surface area contributed by atoms with Gasteiger partial charge in [-0.25, -0.2) is 0 Å². The average molecular weight is 316 g/mol. The van der Waals surface area contributed by atoms with E-state index in [1.54, 1.807) is 24.3 Å². The number of methoxy groups -OCH3 is 1. The van der Waals surface area contributed by atoms with Crippen LogP contribution in [0.2, 0.25) is 5.02 Å². The summed E-state index contributed by atoms with van der Waals surface area (Å²) in [5, 5.41) is 3.32. The van der Waals surface area contributed by atoms with Gasteiger partial charge < -0.3 is 10.1 Å². The molecule has 0 atom stereocenters. The minimum atomic E-state index is -4.45. The van der Waals surface area contributed by atoms with E-state index < -0.39 is 11.7 Å². The number of benzene rings is 2. The molecule has 2 aromatic rings. The standard InChI is InChI=1S/C15H13ClF3NO/c1-21-12-5-6-14(13(8-12)15(17,18)19)20-9-10-3-2-4-11(16)7-10/h2-8,20H,9H2,1H3. The second-order valence-electron chi connectivity index (χ2n) is 4.39. The molecule has 2 aromatic carbocycles. The van der Waals surface area contributed by atoms with Crippen LogP contribution in [-0.4, -0.2) is 7.11 Å². The van der Waals surface area contributed by atoms with Crippen LogP contribution in [0.1, 0.15) is 11.1 Å². The van der Waals surface area contributed by atoms with Crippen LogP contribution in [0.3, 0.4) is 0 Å². The van der Waals surface area contributed by atoms with Gasteiger partial charge in [-0.2, -0.15) is 13.2 Å². The first-order valence-electron chi connectivity index (χ1n) is 6.13.